The van der Waals surface area contributed by atoms with E-state index in [2.05, 4.69) is 34.2 Å². The molecule has 0 aliphatic heterocycles. The summed E-state index contributed by atoms with van der Waals surface area (Å²) in [5.41, 5.74) is 0.845. The number of aliphatic imine (C=N–C) groups is 1. The minimum Gasteiger partial charge on any atom is -0.248 e. The van der Waals surface area contributed by atoms with Crippen molar-refractivity contribution < 1.29 is 0 Å². The van der Waals surface area contributed by atoms with Gasteiger partial charge in [-0.3, -0.25) is 0 Å². The molecular formula is C7H10IN. The van der Waals surface area contributed by atoms with Gasteiger partial charge in [0, 0.05) is 5.70 Å². The Morgan fingerprint density at radius 1 is 1.67 bits per heavy atom. The molecule has 0 saturated heterocycles. The van der Waals surface area contributed by atoms with Crippen molar-refractivity contribution >= 4 is 26.3 Å². The SMILES string of the molecule is C=C(C)N=C(I)/C=C\C. The molecule has 0 amide bonds. The van der Waals surface area contributed by atoms with E-state index in [9.17, 15) is 0 Å². The van der Waals surface area contributed by atoms with Crippen LogP contribution in [0.5, 0.6) is 0 Å². The minimum absolute atomic E-state index is 0.845. The first-order valence-electron chi connectivity index (χ1n) is 2.69. The number of rotatable bonds is 2. The van der Waals surface area contributed by atoms with Crippen LogP contribution in [0.15, 0.2) is 29.4 Å². The second-order valence-corrected chi connectivity index (χ2v) is 2.78. The highest BCUT2D eigenvalue weighted by atomic mass is 127. The fourth-order valence-corrected chi connectivity index (χ4v) is 1.13. The molecule has 0 atom stereocenters. The minimum atomic E-state index is 0.845. The normalized spacial score (nSPS) is 12.6. The molecule has 0 bridgehead atoms. The molecule has 2 heteroatoms. The van der Waals surface area contributed by atoms with Gasteiger partial charge < -0.3 is 0 Å². The van der Waals surface area contributed by atoms with Crippen LogP contribution >= 0.6 is 22.6 Å². The highest BCUT2D eigenvalue weighted by Gasteiger charge is 1.82. The summed E-state index contributed by atoms with van der Waals surface area (Å²) in [5, 5.41) is 0. The lowest BCUT2D eigenvalue weighted by Gasteiger charge is -1.87. The summed E-state index contributed by atoms with van der Waals surface area (Å²) >= 11 is 2.16. The summed E-state index contributed by atoms with van der Waals surface area (Å²) < 4.78 is 0.975. The van der Waals surface area contributed by atoms with Gasteiger partial charge in [-0.2, -0.15) is 0 Å². The number of halogens is 1. The zero-order valence-corrected chi connectivity index (χ0v) is 7.84. The average molecular weight is 235 g/mol. The predicted octanol–water partition coefficient (Wildman–Crippen LogP) is 2.93. The summed E-state index contributed by atoms with van der Waals surface area (Å²) in [6, 6.07) is 0. The van der Waals surface area contributed by atoms with Gasteiger partial charge in [-0.05, 0) is 42.5 Å². The van der Waals surface area contributed by atoms with Crippen LogP contribution in [0.4, 0.5) is 0 Å². The molecule has 9 heavy (non-hydrogen) atoms. The van der Waals surface area contributed by atoms with Crippen molar-refractivity contribution in [2.45, 2.75) is 13.8 Å². The zero-order chi connectivity index (χ0) is 7.28. The Labute approximate surface area is 69.7 Å². The molecule has 50 valence electrons. The van der Waals surface area contributed by atoms with Gasteiger partial charge in [0.1, 0.15) is 3.72 Å². The largest absolute Gasteiger partial charge is 0.248 e. The molecular weight excluding hydrogens is 225 g/mol. The molecule has 1 nitrogen and oxygen atoms in total. The lowest BCUT2D eigenvalue weighted by Crippen LogP contribution is -1.76. The monoisotopic (exact) mass is 235 g/mol. The predicted molar refractivity (Wildman–Crippen MR) is 51.1 cm³/mol. The molecule has 0 aliphatic carbocycles. The van der Waals surface area contributed by atoms with E-state index >= 15 is 0 Å². The Kier molecular flexibility index (Phi) is 4.67. The Morgan fingerprint density at radius 3 is 2.56 bits per heavy atom. The number of hydrogen-bond acceptors (Lipinski definition) is 1. The Hall–Kier alpha value is -0.120. The Balaban J connectivity index is 4.00. The molecule has 0 unspecified atom stereocenters. The second-order valence-electron chi connectivity index (χ2n) is 1.67. The van der Waals surface area contributed by atoms with Gasteiger partial charge in [0.15, 0.2) is 0 Å². The van der Waals surface area contributed by atoms with Crippen molar-refractivity contribution in [1.29, 1.82) is 0 Å². The molecule has 0 heterocycles. The maximum Gasteiger partial charge on any atom is 0.101 e. The summed E-state index contributed by atoms with van der Waals surface area (Å²) in [7, 11) is 0. The van der Waals surface area contributed by atoms with E-state index in [1.165, 1.54) is 0 Å². The number of hydrogen-bond donors (Lipinski definition) is 0. The molecule has 0 saturated carbocycles. The third-order valence-corrected chi connectivity index (χ3v) is 1.20. The standard InChI is InChI=1S/C7H10IN/c1-4-5-7(8)9-6(2)3/h4-5H,2H2,1,3H3/b5-4-,9-7?. The second kappa shape index (κ2) is 4.73. The summed E-state index contributed by atoms with van der Waals surface area (Å²) in [4.78, 5) is 4.09. The third-order valence-electron chi connectivity index (χ3n) is 0.602. The van der Waals surface area contributed by atoms with Crippen molar-refractivity contribution in [3.8, 4) is 0 Å². The molecule has 0 radical (unpaired) electrons. The Morgan fingerprint density at radius 2 is 2.22 bits per heavy atom. The van der Waals surface area contributed by atoms with Crippen LogP contribution in [0.2, 0.25) is 0 Å². The topological polar surface area (TPSA) is 12.4 Å². The van der Waals surface area contributed by atoms with Crippen molar-refractivity contribution in [3.63, 3.8) is 0 Å². The van der Waals surface area contributed by atoms with E-state index in [1.807, 2.05) is 26.0 Å². The van der Waals surface area contributed by atoms with Crippen LogP contribution in [0.1, 0.15) is 13.8 Å². The molecule has 0 aliphatic rings. The van der Waals surface area contributed by atoms with Crippen molar-refractivity contribution in [2.24, 2.45) is 4.99 Å². The Bertz CT molecular complexity index is 156. The first-order chi connectivity index (χ1) is 4.16. The zero-order valence-electron chi connectivity index (χ0n) is 5.69. The van der Waals surface area contributed by atoms with Gasteiger partial charge in [-0.25, -0.2) is 4.99 Å². The van der Waals surface area contributed by atoms with Gasteiger partial charge in [0.05, 0.1) is 0 Å². The van der Waals surface area contributed by atoms with Gasteiger partial charge in [0.2, 0.25) is 0 Å². The van der Waals surface area contributed by atoms with Crippen molar-refractivity contribution in [3.05, 3.63) is 24.4 Å². The maximum atomic E-state index is 4.09. The van der Waals surface area contributed by atoms with Gasteiger partial charge in [0.25, 0.3) is 0 Å². The lowest BCUT2D eigenvalue weighted by molar-refractivity contribution is 1.34. The van der Waals surface area contributed by atoms with Crippen molar-refractivity contribution in [2.75, 3.05) is 0 Å². The quantitative estimate of drug-likeness (QED) is 0.515. The molecule has 0 aromatic heterocycles. The molecule has 0 aromatic rings. The van der Waals surface area contributed by atoms with Crippen molar-refractivity contribution in [1.82, 2.24) is 0 Å². The first kappa shape index (κ1) is 8.88. The van der Waals surface area contributed by atoms with Gasteiger partial charge in [-0.1, -0.05) is 12.7 Å². The van der Waals surface area contributed by atoms with Crippen LogP contribution in [-0.4, -0.2) is 3.72 Å². The van der Waals surface area contributed by atoms with E-state index in [0.717, 1.165) is 9.42 Å². The van der Waals surface area contributed by atoms with Crippen LogP contribution in [0.25, 0.3) is 0 Å². The van der Waals surface area contributed by atoms with E-state index in [0.29, 0.717) is 0 Å². The van der Waals surface area contributed by atoms with Gasteiger partial charge in [-0.15, -0.1) is 0 Å². The fraction of sp³-hybridized carbons (Fsp3) is 0.286. The van der Waals surface area contributed by atoms with Crippen LogP contribution in [0, 0.1) is 0 Å². The van der Waals surface area contributed by atoms with Gasteiger partial charge >= 0.3 is 0 Å². The van der Waals surface area contributed by atoms with Crippen LogP contribution < -0.4 is 0 Å². The smallest absolute Gasteiger partial charge is 0.101 e. The third kappa shape index (κ3) is 5.76. The highest BCUT2D eigenvalue weighted by molar-refractivity contribution is 14.1. The summed E-state index contributed by atoms with van der Waals surface area (Å²) in [5.74, 6) is 0. The van der Waals surface area contributed by atoms with E-state index < -0.39 is 0 Å². The fourth-order valence-electron chi connectivity index (χ4n) is 0.357. The number of allylic oxidation sites excluding steroid dienone is 3. The first-order valence-corrected chi connectivity index (χ1v) is 3.77. The summed E-state index contributed by atoms with van der Waals surface area (Å²) in [6.07, 6.45) is 3.89. The van der Waals surface area contributed by atoms with E-state index in [1.54, 1.807) is 0 Å². The molecule has 0 spiro atoms. The van der Waals surface area contributed by atoms with Crippen LogP contribution in [-0.2, 0) is 0 Å². The summed E-state index contributed by atoms with van der Waals surface area (Å²) in [6.45, 7) is 7.49. The molecule has 0 aromatic carbocycles. The maximum absolute atomic E-state index is 4.09. The molecule has 0 N–H and O–H groups in total. The molecule has 0 fully saturated rings. The lowest BCUT2D eigenvalue weighted by atomic mass is 10.5. The highest BCUT2D eigenvalue weighted by Crippen LogP contribution is 1.98. The average Bonchev–Trinajstić information content (AvgIpc) is 1.63. The number of nitrogens with zero attached hydrogens (tertiary/aromatic N) is 1. The molecule has 0 rings (SSSR count). The van der Waals surface area contributed by atoms with Crippen LogP contribution in [0.3, 0.4) is 0 Å². The van der Waals surface area contributed by atoms with E-state index in [4.69, 9.17) is 0 Å². The van der Waals surface area contributed by atoms with E-state index in [-0.39, 0.29) is 0 Å².